The van der Waals surface area contributed by atoms with Crippen molar-refractivity contribution in [3.63, 3.8) is 0 Å². The Balaban J connectivity index is 1.54. The van der Waals surface area contributed by atoms with Crippen molar-refractivity contribution < 1.29 is 0 Å². The lowest BCUT2D eigenvalue weighted by Gasteiger charge is -2.27. The smallest absolute Gasteiger partial charge is 0.170 e. The molecule has 1 fully saturated rings. The van der Waals surface area contributed by atoms with Crippen LogP contribution in [0.3, 0.4) is 0 Å². The zero-order valence-corrected chi connectivity index (χ0v) is 17.1. The van der Waals surface area contributed by atoms with Crippen molar-refractivity contribution in [1.29, 1.82) is 0 Å². The van der Waals surface area contributed by atoms with Gasteiger partial charge in [-0.3, -0.25) is 9.97 Å². The molecule has 1 saturated heterocycles. The second kappa shape index (κ2) is 8.08. The van der Waals surface area contributed by atoms with Crippen LogP contribution in [0.5, 0.6) is 0 Å². The van der Waals surface area contributed by atoms with Gasteiger partial charge in [0.05, 0.1) is 17.8 Å². The van der Waals surface area contributed by atoms with Gasteiger partial charge in [0.25, 0.3) is 0 Å². The van der Waals surface area contributed by atoms with Crippen molar-refractivity contribution in [3.05, 3.63) is 115 Å². The van der Waals surface area contributed by atoms with Crippen molar-refractivity contribution in [2.45, 2.75) is 18.6 Å². The number of pyridine rings is 2. The normalized spacial score (nSPS) is 18.4. The summed E-state index contributed by atoms with van der Waals surface area (Å²) < 4.78 is 2.15. The number of thiocarbonyl (C=S) groups is 1. The van der Waals surface area contributed by atoms with Gasteiger partial charge >= 0.3 is 0 Å². The van der Waals surface area contributed by atoms with E-state index in [9.17, 15) is 0 Å². The fraction of sp³-hybridized carbons (Fsp3) is 0.125. The van der Waals surface area contributed by atoms with Crippen LogP contribution in [0.1, 0.15) is 28.9 Å². The van der Waals surface area contributed by atoms with E-state index in [1.807, 2.05) is 61.1 Å². The summed E-state index contributed by atoms with van der Waals surface area (Å²) in [7, 11) is 0. The Bertz CT molecular complexity index is 1130. The maximum absolute atomic E-state index is 5.76. The molecule has 1 aliphatic heterocycles. The van der Waals surface area contributed by atoms with Gasteiger partial charge in [-0.25, -0.2) is 0 Å². The predicted molar refractivity (Wildman–Crippen MR) is 121 cm³/mol. The Morgan fingerprint density at radius 1 is 0.900 bits per heavy atom. The van der Waals surface area contributed by atoms with Crippen LogP contribution in [0.25, 0.3) is 5.69 Å². The van der Waals surface area contributed by atoms with Crippen LogP contribution in [0.2, 0.25) is 0 Å². The van der Waals surface area contributed by atoms with Crippen LogP contribution in [-0.4, -0.2) is 24.5 Å². The molecule has 0 radical (unpaired) electrons. The Morgan fingerprint density at radius 3 is 2.47 bits per heavy atom. The third kappa shape index (κ3) is 3.57. The van der Waals surface area contributed by atoms with Gasteiger partial charge in [-0.15, -0.1) is 0 Å². The summed E-state index contributed by atoms with van der Waals surface area (Å²) in [6.07, 6.45) is 9.76. The average molecular weight is 412 g/mol. The molecule has 2 atom stereocenters. The Kier molecular flexibility index (Phi) is 4.99. The number of nitrogens with one attached hydrogen (secondary N) is 1. The molecular formula is C24H21N5S. The molecule has 3 aromatic heterocycles. The number of hydrogen-bond donors (Lipinski definition) is 1. The highest BCUT2D eigenvalue weighted by atomic mass is 32.1. The summed E-state index contributed by atoms with van der Waals surface area (Å²) in [5, 5.41) is 4.24. The van der Waals surface area contributed by atoms with E-state index < -0.39 is 0 Å². The molecule has 0 saturated carbocycles. The first-order chi connectivity index (χ1) is 14.8. The third-order valence-electron chi connectivity index (χ3n) is 5.41. The van der Waals surface area contributed by atoms with Crippen LogP contribution < -0.4 is 5.32 Å². The van der Waals surface area contributed by atoms with Gasteiger partial charge < -0.3 is 14.8 Å². The number of benzene rings is 1. The summed E-state index contributed by atoms with van der Waals surface area (Å²) in [5.41, 5.74) is 4.47. The maximum atomic E-state index is 5.76. The molecule has 1 aliphatic rings. The SMILES string of the molecule is S=C1N[C@@H](c2ccccn2)[C@@H](c2ccn(-c3ccccc3)c2)N1Cc1ccncc1. The predicted octanol–water partition coefficient (Wildman–Crippen LogP) is 4.44. The van der Waals surface area contributed by atoms with E-state index >= 15 is 0 Å². The fourth-order valence-electron chi connectivity index (χ4n) is 3.97. The molecule has 5 rings (SSSR count). The molecule has 0 amide bonds. The molecule has 0 bridgehead atoms. The number of nitrogens with zero attached hydrogens (tertiary/aromatic N) is 4. The van der Waals surface area contributed by atoms with E-state index in [1.54, 1.807) is 0 Å². The van der Waals surface area contributed by atoms with Crippen LogP contribution in [0.15, 0.2) is 97.7 Å². The minimum atomic E-state index is -0.0211. The van der Waals surface area contributed by atoms with Crippen LogP contribution in [-0.2, 0) is 6.54 Å². The van der Waals surface area contributed by atoms with Crippen molar-refractivity contribution in [1.82, 2.24) is 24.8 Å². The van der Waals surface area contributed by atoms with E-state index in [0.29, 0.717) is 6.54 Å². The zero-order valence-electron chi connectivity index (χ0n) is 16.3. The summed E-state index contributed by atoms with van der Waals surface area (Å²) in [4.78, 5) is 11.0. The first-order valence-corrected chi connectivity index (χ1v) is 10.3. The maximum Gasteiger partial charge on any atom is 0.170 e. The van der Waals surface area contributed by atoms with Gasteiger partial charge in [0.2, 0.25) is 0 Å². The Morgan fingerprint density at radius 2 is 1.70 bits per heavy atom. The van der Waals surface area contributed by atoms with E-state index in [2.05, 4.69) is 61.4 Å². The van der Waals surface area contributed by atoms with Crippen molar-refractivity contribution in [3.8, 4) is 5.69 Å². The molecule has 30 heavy (non-hydrogen) atoms. The van der Waals surface area contributed by atoms with E-state index in [-0.39, 0.29) is 12.1 Å². The summed E-state index contributed by atoms with van der Waals surface area (Å²) in [6.45, 7) is 0.707. The van der Waals surface area contributed by atoms with E-state index in [1.165, 1.54) is 11.1 Å². The highest BCUT2D eigenvalue weighted by Crippen LogP contribution is 2.39. The molecule has 0 unspecified atom stereocenters. The van der Waals surface area contributed by atoms with Gasteiger partial charge in [-0.2, -0.15) is 0 Å². The van der Waals surface area contributed by atoms with Gasteiger partial charge in [-0.05, 0) is 65.8 Å². The van der Waals surface area contributed by atoms with E-state index in [4.69, 9.17) is 12.2 Å². The second-order valence-corrected chi connectivity index (χ2v) is 7.68. The summed E-state index contributed by atoms with van der Waals surface area (Å²) in [6, 6.07) is 22.6. The molecule has 5 nitrogen and oxygen atoms in total. The molecular weight excluding hydrogens is 390 g/mol. The lowest BCUT2D eigenvalue weighted by Crippen LogP contribution is -2.29. The van der Waals surface area contributed by atoms with Crippen LogP contribution in [0, 0.1) is 0 Å². The second-order valence-electron chi connectivity index (χ2n) is 7.30. The molecule has 0 spiro atoms. The fourth-order valence-corrected chi connectivity index (χ4v) is 4.28. The van der Waals surface area contributed by atoms with Gasteiger partial charge in [0.1, 0.15) is 0 Å². The quantitative estimate of drug-likeness (QED) is 0.492. The molecule has 6 heteroatoms. The molecule has 0 aliphatic carbocycles. The Labute approximate surface area is 181 Å². The molecule has 4 heterocycles. The van der Waals surface area contributed by atoms with Crippen molar-refractivity contribution in [2.24, 2.45) is 0 Å². The topological polar surface area (TPSA) is 46.0 Å². The lowest BCUT2D eigenvalue weighted by molar-refractivity contribution is 0.311. The molecule has 4 aromatic rings. The summed E-state index contributed by atoms with van der Waals surface area (Å²) in [5.74, 6) is 0. The first kappa shape index (κ1) is 18.5. The molecule has 1 aromatic carbocycles. The standard InChI is InChI=1S/C24H21N5S/c30-24-27-22(21-8-4-5-12-26-21)23(29(24)16-18-9-13-25-14-10-18)19-11-15-28(17-19)20-6-2-1-3-7-20/h1-15,17,22-23H,16H2,(H,27,30)/t22-,23+/m0/s1. The van der Waals surface area contributed by atoms with Gasteiger partial charge in [0, 0.05) is 43.2 Å². The zero-order chi connectivity index (χ0) is 20.3. The number of para-hydroxylation sites is 1. The first-order valence-electron chi connectivity index (χ1n) is 9.90. The Hall–Kier alpha value is -3.51. The van der Waals surface area contributed by atoms with Gasteiger partial charge in [-0.1, -0.05) is 24.3 Å². The molecule has 1 N–H and O–H groups in total. The number of rotatable bonds is 5. The highest BCUT2D eigenvalue weighted by molar-refractivity contribution is 7.80. The lowest BCUT2D eigenvalue weighted by atomic mass is 9.99. The van der Waals surface area contributed by atoms with Crippen molar-refractivity contribution in [2.75, 3.05) is 0 Å². The summed E-state index contributed by atoms with van der Waals surface area (Å²) >= 11 is 5.76. The minimum Gasteiger partial charge on any atom is -0.352 e. The molecule has 148 valence electrons. The number of hydrogen-bond acceptors (Lipinski definition) is 3. The van der Waals surface area contributed by atoms with Crippen LogP contribution >= 0.6 is 12.2 Å². The monoisotopic (exact) mass is 411 g/mol. The minimum absolute atomic E-state index is 0.0211. The van der Waals surface area contributed by atoms with Crippen LogP contribution in [0.4, 0.5) is 0 Å². The third-order valence-corrected chi connectivity index (χ3v) is 5.76. The number of aromatic nitrogens is 3. The average Bonchev–Trinajstić information content (AvgIpc) is 3.41. The van der Waals surface area contributed by atoms with Gasteiger partial charge in [0.15, 0.2) is 5.11 Å². The van der Waals surface area contributed by atoms with E-state index in [0.717, 1.165) is 16.5 Å². The highest BCUT2D eigenvalue weighted by Gasteiger charge is 2.40. The largest absolute Gasteiger partial charge is 0.352 e. The van der Waals surface area contributed by atoms with Crippen molar-refractivity contribution >= 4 is 17.3 Å².